The largest absolute Gasteiger partial charge is 0.394 e. The molecule has 0 fully saturated rings. The van der Waals surface area contributed by atoms with Gasteiger partial charge in [0.1, 0.15) is 0 Å². The predicted octanol–water partition coefficient (Wildman–Crippen LogP) is 0.318. The number of nitrogens with zero attached hydrogens (tertiary/aromatic N) is 1. The number of aliphatic hydroxyl groups is 2. The molecule has 0 aliphatic rings. The number of fused-ring (bicyclic) bond motifs is 1. The molecule has 0 saturated carbocycles. The van der Waals surface area contributed by atoms with Gasteiger partial charge in [-0.15, -0.1) is 0 Å². The second kappa shape index (κ2) is 5.57. The summed E-state index contributed by atoms with van der Waals surface area (Å²) in [6.45, 7) is -0.601. The van der Waals surface area contributed by atoms with Gasteiger partial charge < -0.3 is 15.5 Å². The van der Waals surface area contributed by atoms with E-state index in [4.69, 9.17) is 10.2 Å². The monoisotopic (exact) mass is 246 g/mol. The first-order valence-corrected chi connectivity index (χ1v) is 5.62. The van der Waals surface area contributed by atoms with Gasteiger partial charge in [0.25, 0.3) is 5.91 Å². The fraction of sp³-hybridized carbons (Fsp3) is 0.231. The van der Waals surface area contributed by atoms with Gasteiger partial charge in [-0.25, -0.2) is 0 Å². The molecular weight excluding hydrogens is 232 g/mol. The second-order valence-electron chi connectivity index (χ2n) is 3.91. The zero-order valence-electron chi connectivity index (χ0n) is 9.71. The van der Waals surface area contributed by atoms with Crippen LogP contribution in [0, 0.1) is 0 Å². The summed E-state index contributed by atoms with van der Waals surface area (Å²) in [7, 11) is 0. The van der Waals surface area contributed by atoms with E-state index in [1.54, 1.807) is 12.3 Å². The van der Waals surface area contributed by atoms with E-state index in [9.17, 15) is 4.79 Å². The van der Waals surface area contributed by atoms with E-state index in [0.717, 1.165) is 10.9 Å². The molecule has 5 nitrogen and oxygen atoms in total. The molecule has 94 valence electrons. The number of benzene rings is 1. The number of amides is 1. The van der Waals surface area contributed by atoms with E-state index in [0.29, 0.717) is 5.56 Å². The zero-order chi connectivity index (χ0) is 13.0. The topological polar surface area (TPSA) is 82.5 Å². The first-order valence-electron chi connectivity index (χ1n) is 5.62. The Labute approximate surface area is 104 Å². The van der Waals surface area contributed by atoms with Gasteiger partial charge in [0.15, 0.2) is 0 Å². The Morgan fingerprint density at radius 1 is 1.22 bits per heavy atom. The molecule has 0 radical (unpaired) electrons. The van der Waals surface area contributed by atoms with Crippen molar-refractivity contribution in [2.45, 2.75) is 6.04 Å². The number of hydrogen-bond donors (Lipinski definition) is 3. The number of carbonyl (C=O) groups is 1. The third-order valence-electron chi connectivity index (χ3n) is 2.67. The molecule has 0 saturated heterocycles. The number of aromatic nitrogens is 1. The Morgan fingerprint density at radius 3 is 2.67 bits per heavy atom. The van der Waals surface area contributed by atoms with Crippen molar-refractivity contribution in [2.75, 3.05) is 13.2 Å². The van der Waals surface area contributed by atoms with E-state index in [1.165, 1.54) is 0 Å². The summed E-state index contributed by atoms with van der Waals surface area (Å²) < 4.78 is 0. The van der Waals surface area contributed by atoms with Gasteiger partial charge >= 0.3 is 0 Å². The minimum absolute atomic E-state index is 0.300. The standard InChI is InChI=1S/C13H14N2O3/c16-7-9(8-17)15-13(18)11-5-6-14-12-4-2-1-3-10(11)12/h1-6,9,16-17H,7-8H2,(H,15,18). The van der Waals surface area contributed by atoms with Crippen molar-refractivity contribution < 1.29 is 15.0 Å². The maximum Gasteiger partial charge on any atom is 0.252 e. The molecule has 0 bridgehead atoms. The van der Waals surface area contributed by atoms with Crippen LogP contribution >= 0.6 is 0 Å². The third kappa shape index (κ3) is 2.47. The summed E-state index contributed by atoms with van der Waals surface area (Å²) in [5.41, 5.74) is 1.21. The lowest BCUT2D eigenvalue weighted by molar-refractivity contribution is 0.0881. The zero-order valence-corrected chi connectivity index (χ0v) is 9.71. The van der Waals surface area contributed by atoms with Crippen molar-refractivity contribution in [3.63, 3.8) is 0 Å². The first kappa shape index (κ1) is 12.5. The molecular formula is C13H14N2O3. The number of aliphatic hydroxyl groups excluding tert-OH is 2. The molecule has 2 aromatic rings. The molecule has 0 atom stereocenters. The summed E-state index contributed by atoms with van der Waals surface area (Å²) in [6, 6.07) is 8.27. The number of carbonyl (C=O) groups excluding carboxylic acids is 1. The highest BCUT2D eigenvalue weighted by Crippen LogP contribution is 2.15. The van der Waals surface area contributed by atoms with Gasteiger partial charge in [0.05, 0.1) is 30.3 Å². The lowest BCUT2D eigenvalue weighted by Crippen LogP contribution is -2.40. The van der Waals surface area contributed by atoms with Crippen molar-refractivity contribution in [3.05, 3.63) is 42.1 Å². The fourth-order valence-corrected chi connectivity index (χ4v) is 1.71. The highest BCUT2D eigenvalue weighted by molar-refractivity contribution is 6.06. The van der Waals surface area contributed by atoms with Crippen LogP contribution in [0.4, 0.5) is 0 Å². The summed E-state index contributed by atoms with van der Waals surface area (Å²) in [6.07, 6.45) is 1.56. The maximum atomic E-state index is 12.0. The first-order chi connectivity index (χ1) is 8.76. The average Bonchev–Trinajstić information content (AvgIpc) is 2.43. The SMILES string of the molecule is O=C(NC(CO)CO)c1ccnc2ccccc12. The fourth-order valence-electron chi connectivity index (χ4n) is 1.71. The van der Waals surface area contributed by atoms with Crippen LogP contribution in [0.5, 0.6) is 0 Å². The Kier molecular flexibility index (Phi) is 3.86. The number of hydrogen-bond acceptors (Lipinski definition) is 4. The van der Waals surface area contributed by atoms with Crippen molar-refractivity contribution >= 4 is 16.8 Å². The molecule has 0 aliphatic heterocycles. The van der Waals surface area contributed by atoms with Crippen LogP contribution in [0.2, 0.25) is 0 Å². The van der Waals surface area contributed by atoms with Crippen LogP contribution in [0.1, 0.15) is 10.4 Å². The molecule has 18 heavy (non-hydrogen) atoms. The van der Waals surface area contributed by atoms with Gasteiger partial charge in [-0.3, -0.25) is 9.78 Å². The minimum Gasteiger partial charge on any atom is -0.394 e. The van der Waals surface area contributed by atoms with Crippen LogP contribution in [0.3, 0.4) is 0 Å². The molecule has 1 aromatic heterocycles. The van der Waals surface area contributed by atoms with E-state index in [-0.39, 0.29) is 19.1 Å². The summed E-state index contributed by atoms with van der Waals surface area (Å²) in [5.74, 6) is -0.332. The van der Waals surface area contributed by atoms with Crippen LogP contribution in [0.25, 0.3) is 10.9 Å². The molecule has 3 N–H and O–H groups in total. The molecule has 5 heteroatoms. The van der Waals surface area contributed by atoms with Crippen molar-refractivity contribution in [2.24, 2.45) is 0 Å². The number of nitrogens with one attached hydrogen (secondary N) is 1. The van der Waals surface area contributed by atoms with E-state index in [1.807, 2.05) is 24.3 Å². The lowest BCUT2D eigenvalue weighted by Gasteiger charge is -2.14. The highest BCUT2D eigenvalue weighted by atomic mass is 16.3. The van der Waals surface area contributed by atoms with Gasteiger partial charge in [-0.1, -0.05) is 18.2 Å². The molecule has 0 unspecified atom stereocenters. The smallest absolute Gasteiger partial charge is 0.252 e. The molecule has 0 spiro atoms. The molecule has 0 aliphatic carbocycles. The predicted molar refractivity (Wildman–Crippen MR) is 67.2 cm³/mol. The summed E-state index contributed by atoms with van der Waals surface area (Å²) >= 11 is 0. The molecule has 1 aromatic carbocycles. The quantitative estimate of drug-likeness (QED) is 0.725. The van der Waals surface area contributed by atoms with Gasteiger partial charge in [-0.2, -0.15) is 0 Å². The van der Waals surface area contributed by atoms with Crippen LogP contribution < -0.4 is 5.32 Å². The van der Waals surface area contributed by atoms with Crippen LogP contribution in [-0.4, -0.2) is 40.4 Å². The van der Waals surface area contributed by atoms with Crippen LogP contribution in [-0.2, 0) is 0 Å². The Hall–Kier alpha value is -1.98. The second-order valence-corrected chi connectivity index (χ2v) is 3.91. The Balaban J connectivity index is 2.33. The lowest BCUT2D eigenvalue weighted by atomic mass is 10.1. The van der Waals surface area contributed by atoms with Gasteiger partial charge in [0, 0.05) is 11.6 Å². The minimum atomic E-state index is -0.649. The summed E-state index contributed by atoms with van der Waals surface area (Å²) in [5, 5.41) is 21.2. The van der Waals surface area contributed by atoms with Crippen LogP contribution in [0.15, 0.2) is 36.5 Å². The number of rotatable bonds is 4. The molecule has 1 amide bonds. The number of pyridine rings is 1. The maximum absolute atomic E-state index is 12.0. The van der Waals surface area contributed by atoms with Crippen molar-refractivity contribution in [1.29, 1.82) is 0 Å². The average molecular weight is 246 g/mol. The van der Waals surface area contributed by atoms with Crippen molar-refractivity contribution in [1.82, 2.24) is 10.3 Å². The summed E-state index contributed by atoms with van der Waals surface area (Å²) in [4.78, 5) is 16.2. The van der Waals surface area contributed by atoms with Gasteiger partial charge in [-0.05, 0) is 12.1 Å². The number of para-hydroxylation sites is 1. The Morgan fingerprint density at radius 2 is 1.94 bits per heavy atom. The normalized spacial score (nSPS) is 10.8. The van der Waals surface area contributed by atoms with E-state index in [2.05, 4.69) is 10.3 Å². The molecule has 2 rings (SSSR count). The Bertz CT molecular complexity index is 547. The molecule has 1 heterocycles. The van der Waals surface area contributed by atoms with Crippen molar-refractivity contribution in [3.8, 4) is 0 Å². The van der Waals surface area contributed by atoms with E-state index >= 15 is 0 Å². The highest BCUT2D eigenvalue weighted by Gasteiger charge is 2.14. The van der Waals surface area contributed by atoms with E-state index < -0.39 is 6.04 Å². The van der Waals surface area contributed by atoms with Gasteiger partial charge in [0.2, 0.25) is 0 Å². The third-order valence-corrected chi connectivity index (χ3v) is 2.67.